The van der Waals surface area contributed by atoms with Crippen LogP contribution in [0.3, 0.4) is 0 Å². The van der Waals surface area contributed by atoms with Crippen molar-refractivity contribution in [2.24, 2.45) is 0 Å². The Labute approximate surface area is 150 Å². The number of amides is 2. The Kier molecular flexibility index (Phi) is 6.85. The van der Waals surface area contributed by atoms with E-state index in [-0.39, 0.29) is 18.2 Å². The highest BCUT2D eigenvalue weighted by Gasteiger charge is 2.41. The van der Waals surface area contributed by atoms with E-state index in [4.69, 9.17) is 4.74 Å². The van der Waals surface area contributed by atoms with Crippen LogP contribution < -0.4 is 15.4 Å². The highest BCUT2D eigenvalue weighted by molar-refractivity contribution is 5.91. The van der Waals surface area contributed by atoms with Crippen molar-refractivity contribution in [1.29, 1.82) is 0 Å². The Morgan fingerprint density at radius 2 is 1.80 bits per heavy atom. The number of carbonyl (C=O) groups is 2. The molecule has 0 heterocycles. The summed E-state index contributed by atoms with van der Waals surface area (Å²) in [5, 5.41) is 5.80. The van der Waals surface area contributed by atoms with Crippen molar-refractivity contribution in [3.05, 3.63) is 29.8 Å². The third-order valence-corrected chi connectivity index (χ3v) is 4.75. The summed E-state index contributed by atoms with van der Waals surface area (Å²) in [5.74, 6) is 1.05. The molecule has 0 saturated heterocycles. The first kappa shape index (κ1) is 19.3. The minimum atomic E-state index is -0.730. The van der Waals surface area contributed by atoms with Crippen LogP contribution in [0.5, 0.6) is 5.75 Å². The summed E-state index contributed by atoms with van der Waals surface area (Å²) >= 11 is 0. The van der Waals surface area contributed by atoms with Crippen molar-refractivity contribution >= 4 is 11.8 Å². The van der Waals surface area contributed by atoms with Crippen molar-refractivity contribution in [3.8, 4) is 5.75 Å². The molecule has 1 aromatic rings. The minimum Gasteiger partial charge on any atom is -0.493 e. The number of carbonyl (C=O) groups excluding carboxylic acids is 2. The van der Waals surface area contributed by atoms with Crippen molar-refractivity contribution in [3.63, 3.8) is 0 Å². The molecule has 2 amide bonds. The molecule has 0 radical (unpaired) electrons. The predicted molar refractivity (Wildman–Crippen MR) is 98.7 cm³/mol. The van der Waals surface area contributed by atoms with Crippen molar-refractivity contribution in [1.82, 2.24) is 10.6 Å². The zero-order valence-corrected chi connectivity index (χ0v) is 15.6. The van der Waals surface area contributed by atoms with E-state index < -0.39 is 5.54 Å². The van der Waals surface area contributed by atoms with Gasteiger partial charge in [-0.25, -0.2) is 0 Å². The fourth-order valence-corrected chi connectivity index (χ4v) is 3.26. The van der Waals surface area contributed by atoms with Crippen LogP contribution in [0.2, 0.25) is 0 Å². The van der Waals surface area contributed by atoms with E-state index in [1.807, 2.05) is 31.2 Å². The number of hydrogen-bond donors (Lipinski definition) is 2. The van der Waals surface area contributed by atoms with E-state index in [1.54, 1.807) is 0 Å². The minimum absolute atomic E-state index is 0.0638. The standard InChI is InChI=1S/C20H30N2O3/c1-4-21-19(24)20(12-5-6-13-20)22-18(23)11-14-25-17-9-7-16(8-10-17)15(2)3/h7-10,15H,4-6,11-14H2,1-3H3,(H,21,24)(H,22,23). The lowest BCUT2D eigenvalue weighted by Crippen LogP contribution is -2.57. The van der Waals surface area contributed by atoms with E-state index in [0.29, 0.717) is 31.9 Å². The van der Waals surface area contributed by atoms with Crippen LogP contribution in [-0.2, 0) is 9.59 Å². The van der Waals surface area contributed by atoms with Crippen LogP contribution >= 0.6 is 0 Å². The van der Waals surface area contributed by atoms with E-state index in [0.717, 1.165) is 18.6 Å². The van der Waals surface area contributed by atoms with Crippen molar-refractivity contribution < 1.29 is 14.3 Å². The van der Waals surface area contributed by atoms with Crippen molar-refractivity contribution in [2.75, 3.05) is 13.2 Å². The zero-order chi connectivity index (χ0) is 18.3. The van der Waals surface area contributed by atoms with Gasteiger partial charge in [0.05, 0.1) is 13.0 Å². The van der Waals surface area contributed by atoms with Gasteiger partial charge in [0.15, 0.2) is 0 Å². The van der Waals surface area contributed by atoms with Gasteiger partial charge in [0.25, 0.3) is 0 Å². The molecule has 0 unspecified atom stereocenters. The van der Waals surface area contributed by atoms with E-state index >= 15 is 0 Å². The van der Waals surface area contributed by atoms with Gasteiger partial charge in [-0.1, -0.05) is 38.8 Å². The summed E-state index contributed by atoms with van der Waals surface area (Å²) in [6.45, 7) is 7.06. The Hall–Kier alpha value is -2.04. The van der Waals surface area contributed by atoms with Crippen LogP contribution in [0.4, 0.5) is 0 Å². The van der Waals surface area contributed by atoms with Gasteiger partial charge in [0, 0.05) is 6.54 Å². The lowest BCUT2D eigenvalue weighted by Gasteiger charge is -2.28. The summed E-state index contributed by atoms with van der Waals surface area (Å²) in [7, 11) is 0. The largest absolute Gasteiger partial charge is 0.493 e. The molecule has 1 saturated carbocycles. The molecule has 2 N–H and O–H groups in total. The number of benzene rings is 1. The molecule has 5 nitrogen and oxygen atoms in total. The monoisotopic (exact) mass is 346 g/mol. The molecule has 1 aliphatic carbocycles. The molecule has 1 aromatic carbocycles. The van der Waals surface area contributed by atoms with Crippen LogP contribution in [0.1, 0.15) is 64.4 Å². The van der Waals surface area contributed by atoms with Gasteiger partial charge in [0.1, 0.15) is 11.3 Å². The Morgan fingerprint density at radius 1 is 1.16 bits per heavy atom. The maximum absolute atomic E-state index is 12.3. The van der Waals surface area contributed by atoms with Gasteiger partial charge in [0.2, 0.25) is 11.8 Å². The highest BCUT2D eigenvalue weighted by Crippen LogP contribution is 2.30. The average Bonchev–Trinajstić information content (AvgIpc) is 3.05. The second kappa shape index (κ2) is 8.88. The molecule has 5 heteroatoms. The van der Waals surface area contributed by atoms with E-state index in [1.165, 1.54) is 5.56 Å². The molecule has 0 aromatic heterocycles. The quantitative estimate of drug-likeness (QED) is 0.760. The first-order valence-corrected chi connectivity index (χ1v) is 9.29. The van der Waals surface area contributed by atoms with Gasteiger partial charge < -0.3 is 15.4 Å². The molecule has 1 aliphatic rings. The molecule has 2 rings (SSSR count). The number of nitrogens with one attached hydrogen (secondary N) is 2. The van der Waals surface area contributed by atoms with E-state index in [2.05, 4.69) is 24.5 Å². The van der Waals surface area contributed by atoms with Gasteiger partial charge >= 0.3 is 0 Å². The number of rotatable bonds is 8. The van der Waals surface area contributed by atoms with Crippen LogP contribution in [0.25, 0.3) is 0 Å². The smallest absolute Gasteiger partial charge is 0.245 e. The van der Waals surface area contributed by atoms with E-state index in [9.17, 15) is 9.59 Å². The van der Waals surface area contributed by atoms with Crippen molar-refractivity contribution in [2.45, 2.75) is 64.3 Å². The van der Waals surface area contributed by atoms with Gasteiger partial charge in [-0.2, -0.15) is 0 Å². The Morgan fingerprint density at radius 3 is 2.36 bits per heavy atom. The third kappa shape index (κ3) is 5.21. The maximum atomic E-state index is 12.3. The summed E-state index contributed by atoms with van der Waals surface area (Å²) in [5.41, 5.74) is 0.529. The molecule has 0 bridgehead atoms. The molecule has 25 heavy (non-hydrogen) atoms. The third-order valence-electron chi connectivity index (χ3n) is 4.75. The zero-order valence-electron chi connectivity index (χ0n) is 15.6. The second-order valence-electron chi connectivity index (χ2n) is 7.02. The normalized spacial score (nSPS) is 15.8. The topological polar surface area (TPSA) is 67.4 Å². The molecular formula is C20H30N2O3. The molecule has 138 valence electrons. The van der Waals surface area contributed by atoms with Crippen LogP contribution in [0.15, 0.2) is 24.3 Å². The predicted octanol–water partition coefficient (Wildman–Crippen LogP) is 3.14. The first-order valence-electron chi connectivity index (χ1n) is 9.29. The fraction of sp³-hybridized carbons (Fsp3) is 0.600. The van der Waals surface area contributed by atoms with Crippen LogP contribution in [-0.4, -0.2) is 30.5 Å². The maximum Gasteiger partial charge on any atom is 0.245 e. The average molecular weight is 346 g/mol. The van der Waals surface area contributed by atoms with Gasteiger partial charge in [-0.3, -0.25) is 9.59 Å². The first-order chi connectivity index (χ1) is 12.0. The molecule has 0 spiro atoms. The fourth-order valence-electron chi connectivity index (χ4n) is 3.26. The molecule has 1 fully saturated rings. The lowest BCUT2D eigenvalue weighted by molar-refractivity contribution is -0.133. The summed E-state index contributed by atoms with van der Waals surface area (Å²) in [4.78, 5) is 24.6. The van der Waals surface area contributed by atoms with Gasteiger partial charge in [-0.15, -0.1) is 0 Å². The molecule has 0 aliphatic heterocycles. The Balaban J connectivity index is 1.82. The molecular weight excluding hydrogens is 316 g/mol. The second-order valence-corrected chi connectivity index (χ2v) is 7.02. The number of likely N-dealkylation sites (N-methyl/N-ethyl adjacent to an activating group) is 1. The van der Waals surface area contributed by atoms with Crippen LogP contribution in [0, 0.1) is 0 Å². The summed E-state index contributed by atoms with van der Waals surface area (Å²) < 4.78 is 5.66. The summed E-state index contributed by atoms with van der Waals surface area (Å²) in [6, 6.07) is 7.95. The Bertz CT molecular complexity index is 575. The number of hydrogen-bond acceptors (Lipinski definition) is 3. The molecule has 0 atom stereocenters. The summed E-state index contributed by atoms with van der Waals surface area (Å²) in [6.07, 6.45) is 3.60. The highest BCUT2D eigenvalue weighted by atomic mass is 16.5. The number of ether oxygens (including phenoxy) is 1. The SMILES string of the molecule is CCNC(=O)C1(NC(=O)CCOc2ccc(C(C)C)cc2)CCCC1. The lowest BCUT2D eigenvalue weighted by atomic mass is 9.96. The van der Waals surface area contributed by atoms with Gasteiger partial charge in [-0.05, 0) is 43.4 Å².